The van der Waals surface area contributed by atoms with Gasteiger partial charge in [-0.1, -0.05) is 47.7 Å². The SMILES string of the molecule is COc1ccc2sc(N3CCN(C(=O)c4cccc5ccccc45)CC3)nc2c1OC. The van der Waals surface area contributed by atoms with Crippen molar-refractivity contribution in [1.82, 2.24) is 9.88 Å². The second-order valence-electron chi connectivity index (χ2n) is 7.45. The standard InChI is InChI=1S/C24H23N3O3S/c1-29-19-10-11-20-21(22(19)30-2)25-24(31-20)27-14-12-26(13-15-27)23(28)18-9-5-7-16-6-3-4-8-17(16)18/h3-11H,12-15H2,1-2H3. The highest BCUT2D eigenvalue weighted by Crippen LogP contribution is 2.40. The molecular formula is C24H23N3O3S. The third-order valence-corrected chi connectivity index (χ3v) is 6.83. The highest BCUT2D eigenvalue weighted by Gasteiger charge is 2.25. The topological polar surface area (TPSA) is 54.9 Å². The zero-order valence-electron chi connectivity index (χ0n) is 17.5. The van der Waals surface area contributed by atoms with E-state index < -0.39 is 0 Å². The van der Waals surface area contributed by atoms with Crippen LogP contribution in [0.4, 0.5) is 5.13 Å². The zero-order chi connectivity index (χ0) is 21.4. The van der Waals surface area contributed by atoms with E-state index in [0.29, 0.717) is 24.6 Å². The average Bonchev–Trinajstić information content (AvgIpc) is 3.27. The number of hydrogen-bond donors (Lipinski definition) is 0. The van der Waals surface area contributed by atoms with Crippen molar-refractivity contribution >= 4 is 43.4 Å². The number of rotatable bonds is 4. The summed E-state index contributed by atoms with van der Waals surface area (Å²) in [6.45, 7) is 2.82. The smallest absolute Gasteiger partial charge is 0.254 e. The third-order valence-electron chi connectivity index (χ3n) is 5.75. The quantitative estimate of drug-likeness (QED) is 0.477. The molecule has 2 heterocycles. The molecule has 5 rings (SSSR count). The highest BCUT2D eigenvalue weighted by molar-refractivity contribution is 7.22. The summed E-state index contributed by atoms with van der Waals surface area (Å²) in [6, 6.07) is 17.9. The van der Waals surface area contributed by atoms with Crippen molar-refractivity contribution < 1.29 is 14.3 Å². The third kappa shape index (κ3) is 3.45. The molecule has 1 aromatic heterocycles. The normalized spacial score (nSPS) is 14.3. The van der Waals surface area contributed by atoms with Crippen LogP contribution in [0.3, 0.4) is 0 Å². The summed E-state index contributed by atoms with van der Waals surface area (Å²) in [6.07, 6.45) is 0. The predicted octanol–water partition coefficient (Wildman–Crippen LogP) is 4.43. The van der Waals surface area contributed by atoms with Crippen molar-refractivity contribution in [3.05, 3.63) is 60.2 Å². The molecule has 4 aromatic rings. The van der Waals surface area contributed by atoms with Crippen molar-refractivity contribution in [2.45, 2.75) is 0 Å². The molecule has 0 N–H and O–H groups in total. The Morgan fingerprint density at radius 2 is 1.71 bits per heavy atom. The monoisotopic (exact) mass is 433 g/mol. The lowest BCUT2D eigenvalue weighted by Crippen LogP contribution is -2.48. The van der Waals surface area contributed by atoms with Crippen molar-refractivity contribution in [2.75, 3.05) is 45.3 Å². The van der Waals surface area contributed by atoms with Crippen LogP contribution in [0.25, 0.3) is 21.0 Å². The number of fused-ring (bicyclic) bond motifs is 2. The van der Waals surface area contributed by atoms with E-state index in [2.05, 4.69) is 4.90 Å². The summed E-state index contributed by atoms with van der Waals surface area (Å²) in [5.74, 6) is 1.43. The molecule has 0 atom stereocenters. The van der Waals surface area contributed by atoms with Gasteiger partial charge in [0, 0.05) is 31.7 Å². The Bertz CT molecular complexity index is 1260. The number of anilines is 1. The largest absolute Gasteiger partial charge is 0.493 e. The molecule has 0 saturated carbocycles. The first kappa shape index (κ1) is 19.6. The Hall–Kier alpha value is -3.32. The number of piperazine rings is 1. The van der Waals surface area contributed by atoms with E-state index >= 15 is 0 Å². The predicted molar refractivity (Wildman–Crippen MR) is 125 cm³/mol. The lowest BCUT2D eigenvalue weighted by molar-refractivity contribution is 0.0749. The Morgan fingerprint density at radius 1 is 0.935 bits per heavy atom. The fourth-order valence-electron chi connectivity index (χ4n) is 4.12. The first-order valence-corrected chi connectivity index (χ1v) is 11.0. The number of ether oxygens (including phenoxy) is 2. The summed E-state index contributed by atoms with van der Waals surface area (Å²) in [5.41, 5.74) is 1.58. The molecule has 158 valence electrons. The zero-order valence-corrected chi connectivity index (χ0v) is 18.3. The van der Waals surface area contributed by atoms with Crippen molar-refractivity contribution in [2.24, 2.45) is 0 Å². The molecule has 0 aliphatic carbocycles. The van der Waals surface area contributed by atoms with E-state index in [1.165, 1.54) is 0 Å². The second kappa shape index (κ2) is 8.07. The molecule has 7 heteroatoms. The molecule has 3 aromatic carbocycles. The molecule has 1 amide bonds. The van der Waals surface area contributed by atoms with Crippen LogP contribution in [0.5, 0.6) is 11.5 Å². The van der Waals surface area contributed by atoms with E-state index in [1.807, 2.05) is 59.5 Å². The Kier molecular flexibility index (Phi) is 5.11. The maximum atomic E-state index is 13.2. The van der Waals surface area contributed by atoms with Gasteiger partial charge in [0.2, 0.25) is 0 Å². The number of aromatic nitrogens is 1. The van der Waals surface area contributed by atoms with Gasteiger partial charge in [-0.15, -0.1) is 0 Å². The van der Waals surface area contributed by atoms with Gasteiger partial charge in [0.15, 0.2) is 16.6 Å². The summed E-state index contributed by atoms with van der Waals surface area (Å²) in [4.78, 5) is 22.2. The average molecular weight is 434 g/mol. The Balaban J connectivity index is 1.35. The number of carbonyl (C=O) groups excluding carboxylic acids is 1. The lowest BCUT2D eigenvalue weighted by Gasteiger charge is -2.34. The van der Waals surface area contributed by atoms with E-state index in [1.54, 1.807) is 25.6 Å². The molecule has 6 nitrogen and oxygen atoms in total. The van der Waals surface area contributed by atoms with Crippen LogP contribution in [0.15, 0.2) is 54.6 Å². The van der Waals surface area contributed by atoms with Gasteiger partial charge in [-0.3, -0.25) is 4.79 Å². The van der Waals surface area contributed by atoms with E-state index in [9.17, 15) is 4.79 Å². The van der Waals surface area contributed by atoms with Gasteiger partial charge >= 0.3 is 0 Å². The lowest BCUT2D eigenvalue weighted by atomic mass is 10.0. The number of methoxy groups -OCH3 is 2. The number of benzene rings is 3. The number of carbonyl (C=O) groups is 1. The Labute approximate surface area is 184 Å². The number of nitrogens with zero attached hydrogens (tertiary/aromatic N) is 3. The van der Waals surface area contributed by atoms with E-state index in [-0.39, 0.29) is 5.91 Å². The summed E-state index contributed by atoms with van der Waals surface area (Å²) in [7, 11) is 3.26. The first-order valence-electron chi connectivity index (χ1n) is 10.2. The van der Waals surface area contributed by atoms with Crippen LogP contribution in [0.1, 0.15) is 10.4 Å². The van der Waals surface area contributed by atoms with Gasteiger partial charge in [-0.25, -0.2) is 4.98 Å². The molecule has 31 heavy (non-hydrogen) atoms. The number of hydrogen-bond acceptors (Lipinski definition) is 6. The van der Waals surface area contributed by atoms with Crippen molar-refractivity contribution in [1.29, 1.82) is 0 Å². The Morgan fingerprint density at radius 3 is 2.48 bits per heavy atom. The van der Waals surface area contributed by atoms with Gasteiger partial charge < -0.3 is 19.3 Å². The van der Waals surface area contributed by atoms with Crippen LogP contribution < -0.4 is 14.4 Å². The molecule has 0 unspecified atom stereocenters. The fourth-order valence-corrected chi connectivity index (χ4v) is 5.13. The van der Waals surface area contributed by atoms with Crippen LogP contribution in [-0.2, 0) is 0 Å². The van der Waals surface area contributed by atoms with Gasteiger partial charge in [0.25, 0.3) is 5.91 Å². The van der Waals surface area contributed by atoms with Crippen molar-refractivity contribution in [3.8, 4) is 11.5 Å². The van der Waals surface area contributed by atoms with Gasteiger partial charge in [-0.2, -0.15) is 0 Å². The summed E-state index contributed by atoms with van der Waals surface area (Å²) < 4.78 is 12.0. The molecule has 0 radical (unpaired) electrons. The van der Waals surface area contributed by atoms with Crippen LogP contribution in [-0.4, -0.2) is 56.2 Å². The van der Waals surface area contributed by atoms with Gasteiger partial charge in [0.1, 0.15) is 5.52 Å². The molecule has 0 bridgehead atoms. The molecule has 1 saturated heterocycles. The van der Waals surface area contributed by atoms with Crippen molar-refractivity contribution in [3.63, 3.8) is 0 Å². The molecular weight excluding hydrogens is 410 g/mol. The summed E-state index contributed by atoms with van der Waals surface area (Å²) in [5, 5.41) is 3.04. The van der Waals surface area contributed by atoms with Crippen LogP contribution >= 0.6 is 11.3 Å². The number of thiazole rings is 1. The van der Waals surface area contributed by atoms with Gasteiger partial charge in [0.05, 0.1) is 18.9 Å². The second-order valence-corrected chi connectivity index (χ2v) is 8.46. The fraction of sp³-hybridized carbons (Fsp3) is 0.250. The minimum absolute atomic E-state index is 0.0900. The molecule has 1 fully saturated rings. The molecule has 1 aliphatic heterocycles. The number of amides is 1. The van der Waals surface area contributed by atoms with E-state index in [4.69, 9.17) is 14.5 Å². The molecule has 0 spiro atoms. The highest BCUT2D eigenvalue weighted by atomic mass is 32.1. The minimum atomic E-state index is 0.0900. The maximum absolute atomic E-state index is 13.2. The minimum Gasteiger partial charge on any atom is -0.493 e. The van der Waals surface area contributed by atoms with E-state index in [0.717, 1.165) is 44.8 Å². The van der Waals surface area contributed by atoms with Crippen LogP contribution in [0, 0.1) is 0 Å². The first-order chi connectivity index (χ1) is 15.2. The maximum Gasteiger partial charge on any atom is 0.254 e. The van der Waals surface area contributed by atoms with Crippen LogP contribution in [0.2, 0.25) is 0 Å². The summed E-state index contributed by atoms with van der Waals surface area (Å²) >= 11 is 1.64. The van der Waals surface area contributed by atoms with Gasteiger partial charge in [-0.05, 0) is 29.0 Å². The molecule has 1 aliphatic rings.